The van der Waals surface area contributed by atoms with Gasteiger partial charge in [-0.2, -0.15) is 0 Å². The summed E-state index contributed by atoms with van der Waals surface area (Å²) in [4.78, 5) is 24.5. The minimum Gasteiger partial charge on any atom is -0.505 e. The fourth-order valence-electron chi connectivity index (χ4n) is 4.09. The number of aromatic hydroxyl groups is 2. The van der Waals surface area contributed by atoms with E-state index in [1.165, 1.54) is 25.7 Å². The maximum atomic E-state index is 12.2. The number of amides is 2. The highest BCUT2D eigenvalue weighted by molar-refractivity contribution is 6.01. The fraction of sp³-hybridized carbons (Fsp3) is 0.500. The van der Waals surface area contributed by atoms with E-state index in [2.05, 4.69) is 10.6 Å². The Labute approximate surface area is 214 Å². The molecule has 8 heteroatoms. The SMILES string of the molecule is Cc1ccc(C(=O)NCCCCCCCCCCCCNC(=O)c2ccc(C)c(O)c2N)c(N)c1O. The third kappa shape index (κ3) is 8.66. The van der Waals surface area contributed by atoms with E-state index >= 15 is 0 Å². The first-order chi connectivity index (χ1) is 17.2. The second-order valence-electron chi connectivity index (χ2n) is 9.43. The van der Waals surface area contributed by atoms with E-state index in [1.54, 1.807) is 38.1 Å². The van der Waals surface area contributed by atoms with Gasteiger partial charge >= 0.3 is 0 Å². The van der Waals surface area contributed by atoms with E-state index in [-0.39, 0.29) is 34.7 Å². The van der Waals surface area contributed by atoms with Crippen LogP contribution in [0.5, 0.6) is 11.5 Å². The first kappa shape index (κ1) is 28.8. The van der Waals surface area contributed by atoms with Crippen LogP contribution in [0.15, 0.2) is 24.3 Å². The number of phenolic OH excluding ortho intramolecular Hbond substituents is 2. The number of hydrogen-bond donors (Lipinski definition) is 6. The molecule has 36 heavy (non-hydrogen) atoms. The summed E-state index contributed by atoms with van der Waals surface area (Å²) in [7, 11) is 0. The van der Waals surface area contributed by atoms with Crippen molar-refractivity contribution in [1.29, 1.82) is 0 Å². The Kier molecular flexibility index (Phi) is 11.9. The van der Waals surface area contributed by atoms with Crippen molar-refractivity contribution in [3.8, 4) is 11.5 Å². The van der Waals surface area contributed by atoms with E-state index in [4.69, 9.17) is 11.5 Å². The van der Waals surface area contributed by atoms with Crippen LogP contribution >= 0.6 is 0 Å². The normalized spacial score (nSPS) is 10.8. The average molecular weight is 499 g/mol. The molecule has 198 valence electrons. The van der Waals surface area contributed by atoms with Crippen LogP contribution in [0.1, 0.15) is 96.1 Å². The van der Waals surface area contributed by atoms with Crippen molar-refractivity contribution in [2.24, 2.45) is 0 Å². The molecule has 2 aromatic carbocycles. The van der Waals surface area contributed by atoms with Crippen LogP contribution in [0, 0.1) is 13.8 Å². The zero-order chi connectivity index (χ0) is 26.5. The molecule has 0 fully saturated rings. The van der Waals surface area contributed by atoms with Gasteiger partial charge in [0.25, 0.3) is 11.8 Å². The van der Waals surface area contributed by atoms with Crippen LogP contribution < -0.4 is 22.1 Å². The van der Waals surface area contributed by atoms with Gasteiger partial charge in [0.2, 0.25) is 0 Å². The first-order valence-corrected chi connectivity index (χ1v) is 13.0. The van der Waals surface area contributed by atoms with Gasteiger partial charge in [-0.3, -0.25) is 9.59 Å². The molecule has 2 rings (SSSR count). The Morgan fingerprint density at radius 1 is 0.611 bits per heavy atom. The Balaban J connectivity index is 1.43. The lowest BCUT2D eigenvalue weighted by Gasteiger charge is -2.10. The summed E-state index contributed by atoms with van der Waals surface area (Å²) in [5.74, 6) is -0.554. The van der Waals surface area contributed by atoms with Gasteiger partial charge in [0.1, 0.15) is 11.5 Å². The van der Waals surface area contributed by atoms with Crippen LogP contribution in [-0.4, -0.2) is 35.1 Å². The number of nitrogens with two attached hydrogens (primary N) is 2. The Hall–Kier alpha value is -3.42. The highest BCUT2D eigenvalue weighted by Crippen LogP contribution is 2.28. The number of nitrogens with one attached hydrogen (secondary N) is 2. The van der Waals surface area contributed by atoms with Crippen molar-refractivity contribution in [2.45, 2.75) is 78.1 Å². The van der Waals surface area contributed by atoms with Gasteiger partial charge < -0.3 is 32.3 Å². The van der Waals surface area contributed by atoms with Gasteiger partial charge in [-0.25, -0.2) is 0 Å². The quantitative estimate of drug-likeness (QED) is 0.116. The number of hydrogen-bond acceptors (Lipinski definition) is 6. The lowest BCUT2D eigenvalue weighted by atomic mass is 10.1. The molecule has 8 nitrogen and oxygen atoms in total. The van der Waals surface area contributed by atoms with Crippen molar-refractivity contribution < 1.29 is 19.8 Å². The smallest absolute Gasteiger partial charge is 0.253 e. The van der Waals surface area contributed by atoms with E-state index in [9.17, 15) is 19.8 Å². The van der Waals surface area contributed by atoms with E-state index in [1.807, 2.05) is 0 Å². The molecule has 0 spiro atoms. The van der Waals surface area contributed by atoms with Crippen LogP contribution in [0.3, 0.4) is 0 Å². The number of aryl methyl sites for hydroxylation is 2. The van der Waals surface area contributed by atoms with Crippen molar-refractivity contribution in [3.05, 3.63) is 46.5 Å². The fourth-order valence-corrected chi connectivity index (χ4v) is 4.09. The number of benzene rings is 2. The molecular formula is C28H42N4O4. The zero-order valence-corrected chi connectivity index (χ0v) is 21.7. The molecule has 0 heterocycles. The van der Waals surface area contributed by atoms with Gasteiger partial charge in [-0.05, 0) is 49.9 Å². The highest BCUT2D eigenvalue weighted by Gasteiger charge is 2.14. The van der Waals surface area contributed by atoms with Gasteiger partial charge in [-0.15, -0.1) is 0 Å². The number of carbonyl (C=O) groups is 2. The van der Waals surface area contributed by atoms with Gasteiger partial charge in [0, 0.05) is 13.1 Å². The van der Waals surface area contributed by atoms with Crippen LogP contribution in [0.2, 0.25) is 0 Å². The first-order valence-electron chi connectivity index (χ1n) is 13.0. The second-order valence-corrected chi connectivity index (χ2v) is 9.43. The Morgan fingerprint density at radius 3 is 1.25 bits per heavy atom. The molecule has 0 radical (unpaired) electrons. The Bertz CT molecular complexity index is 942. The van der Waals surface area contributed by atoms with Crippen LogP contribution in [0.25, 0.3) is 0 Å². The molecule has 0 aliphatic heterocycles. The molecular weight excluding hydrogens is 456 g/mol. The molecule has 0 saturated carbocycles. The largest absolute Gasteiger partial charge is 0.505 e. The molecule has 0 aliphatic carbocycles. The van der Waals surface area contributed by atoms with Crippen molar-refractivity contribution in [1.82, 2.24) is 10.6 Å². The summed E-state index contributed by atoms with van der Waals surface area (Å²) in [5.41, 5.74) is 13.9. The van der Waals surface area contributed by atoms with E-state index < -0.39 is 0 Å². The van der Waals surface area contributed by atoms with E-state index in [0.29, 0.717) is 35.3 Å². The number of carbonyl (C=O) groups excluding carboxylic acids is 2. The van der Waals surface area contributed by atoms with Gasteiger partial charge in [0.15, 0.2) is 0 Å². The molecule has 0 bridgehead atoms. The zero-order valence-electron chi connectivity index (χ0n) is 21.7. The third-order valence-corrected chi connectivity index (χ3v) is 6.50. The van der Waals surface area contributed by atoms with Crippen molar-refractivity contribution in [2.75, 3.05) is 24.6 Å². The molecule has 2 aromatic rings. The lowest BCUT2D eigenvalue weighted by Crippen LogP contribution is -2.25. The minimum atomic E-state index is -0.249. The van der Waals surface area contributed by atoms with Crippen LogP contribution in [-0.2, 0) is 0 Å². The second kappa shape index (κ2) is 14.9. The minimum absolute atomic E-state index is 0.0277. The molecule has 2 amide bonds. The molecule has 0 saturated heterocycles. The molecule has 0 unspecified atom stereocenters. The number of anilines is 2. The molecule has 0 atom stereocenters. The van der Waals surface area contributed by atoms with Crippen molar-refractivity contribution >= 4 is 23.2 Å². The third-order valence-electron chi connectivity index (χ3n) is 6.50. The maximum Gasteiger partial charge on any atom is 0.253 e. The van der Waals surface area contributed by atoms with Crippen LogP contribution in [0.4, 0.5) is 11.4 Å². The number of unbranched alkanes of at least 4 members (excludes halogenated alkanes) is 9. The summed E-state index contributed by atoms with van der Waals surface area (Å²) in [6.45, 7) is 4.69. The summed E-state index contributed by atoms with van der Waals surface area (Å²) in [5, 5.41) is 25.5. The number of phenols is 2. The van der Waals surface area contributed by atoms with Crippen molar-refractivity contribution in [3.63, 3.8) is 0 Å². The molecule has 8 N–H and O–H groups in total. The summed E-state index contributed by atoms with van der Waals surface area (Å²) >= 11 is 0. The van der Waals surface area contributed by atoms with Gasteiger partial charge in [-0.1, -0.05) is 63.5 Å². The highest BCUT2D eigenvalue weighted by atomic mass is 16.3. The van der Waals surface area contributed by atoms with Gasteiger partial charge in [0.05, 0.1) is 22.5 Å². The summed E-state index contributed by atoms with van der Waals surface area (Å²) in [6, 6.07) is 6.66. The standard InChI is InChI=1S/C28H42N4O4/c1-19-13-15-21(23(29)25(19)33)27(35)31-17-11-9-7-5-3-4-6-8-10-12-18-32-28(36)22-16-14-20(2)26(34)24(22)30/h13-16,33-34H,3-12,17-18,29-30H2,1-2H3,(H,31,35)(H,32,36). The van der Waals surface area contributed by atoms with E-state index in [0.717, 1.165) is 38.5 Å². The predicted molar refractivity (Wildman–Crippen MR) is 145 cm³/mol. The molecule has 0 aliphatic rings. The monoisotopic (exact) mass is 498 g/mol. The molecule has 0 aromatic heterocycles. The number of nitrogen functional groups attached to an aromatic ring is 2. The lowest BCUT2D eigenvalue weighted by molar-refractivity contribution is 0.0945. The predicted octanol–water partition coefficient (Wildman–Crippen LogP) is 4.94. The summed E-state index contributed by atoms with van der Waals surface area (Å²) < 4.78 is 0. The number of rotatable bonds is 15. The maximum absolute atomic E-state index is 12.2. The average Bonchev–Trinajstić information content (AvgIpc) is 2.85. The summed E-state index contributed by atoms with van der Waals surface area (Å²) in [6.07, 6.45) is 11.1. The topological polar surface area (TPSA) is 151 Å². The Morgan fingerprint density at radius 2 is 0.917 bits per heavy atom.